The van der Waals surface area contributed by atoms with E-state index in [0.29, 0.717) is 12.2 Å². The second-order valence-corrected chi connectivity index (χ2v) is 4.10. The zero-order valence-electron chi connectivity index (χ0n) is 10.9. The molecular formula is C13H20O5. The molecule has 1 heterocycles. The maximum Gasteiger partial charge on any atom is 0.333 e. The molecule has 0 bridgehead atoms. The van der Waals surface area contributed by atoms with Crippen LogP contribution in [0, 0.1) is 0 Å². The molecule has 0 amide bonds. The van der Waals surface area contributed by atoms with Gasteiger partial charge in [0.25, 0.3) is 0 Å². The molecule has 1 fully saturated rings. The zero-order valence-corrected chi connectivity index (χ0v) is 10.9. The number of rotatable bonds is 4. The van der Waals surface area contributed by atoms with Crippen molar-refractivity contribution in [1.29, 1.82) is 0 Å². The quantitative estimate of drug-likeness (QED) is 0.614. The Morgan fingerprint density at radius 2 is 1.89 bits per heavy atom. The molecule has 0 radical (unpaired) electrons. The molecule has 0 aromatic carbocycles. The van der Waals surface area contributed by atoms with E-state index in [0.717, 1.165) is 19.4 Å². The van der Waals surface area contributed by atoms with Gasteiger partial charge in [0, 0.05) is 17.8 Å². The van der Waals surface area contributed by atoms with Crippen molar-refractivity contribution in [3.63, 3.8) is 0 Å². The highest BCUT2D eigenvalue weighted by atomic mass is 16.6. The molecule has 1 saturated heterocycles. The first kappa shape index (κ1) is 16.4. The first-order valence-electron chi connectivity index (χ1n) is 5.67. The third kappa shape index (κ3) is 7.62. The number of carboxylic acid groups (broad SMARTS) is 1. The summed E-state index contributed by atoms with van der Waals surface area (Å²) in [6.07, 6.45) is 2.16. The van der Waals surface area contributed by atoms with Crippen molar-refractivity contribution in [3.8, 4) is 0 Å². The van der Waals surface area contributed by atoms with Crippen LogP contribution < -0.4 is 0 Å². The molecule has 1 aliphatic heterocycles. The lowest BCUT2D eigenvalue weighted by molar-refractivity contribution is -0.142. The highest BCUT2D eigenvalue weighted by molar-refractivity contribution is 5.86. The Balaban J connectivity index is 0.000000411. The van der Waals surface area contributed by atoms with E-state index in [-0.39, 0.29) is 17.6 Å². The van der Waals surface area contributed by atoms with Crippen LogP contribution in [0.5, 0.6) is 0 Å². The van der Waals surface area contributed by atoms with Crippen molar-refractivity contribution in [2.75, 3.05) is 13.2 Å². The third-order valence-corrected chi connectivity index (χ3v) is 2.14. The minimum atomic E-state index is -0.935. The predicted molar refractivity (Wildman–Crippen MR) is 67.2 cm³/mol. The van der Waals surface area contributed by atoms with Gasteiger partial charge < -0.3 is 14.6 Å². The largest absolute Gasteiger partial charge is 0.478 e. The van der Waals surface area contributed by atoms with Crippen molar-refractivity contribution < 1.29 is 24.2 Å². The van der Waals surface area contributed by atoms with Gasteiger partial charge in [-0.25, -0.2) is 9.59 Å². The molecule has 1 rings (SSSR count). The summed E-state index contributed by atoms with van der Waals surface area (Å²) in [5.74, 6) is -1.26. The minimum Gasteiger partial charge on any atom is -0.478 e. The number of ether oxygens (including phenoxy) is 2. The molecule has 1 unspecified atom stereocenters. The van der Waals surface area contributed by atoms with Gasteiger partial charge in [-0.15, -0.1) is 0 Å². The van der Waals surface area contributed by atoms with Crippen LogP contribution in [0.25, 0.3) is 0 Å². The van der Waals surface area contributed by atoms with Gasteiger partial charge in [0.05, 0.1) is 6.10 Å². The number of aliphatic carboxylic acids is 1. The molecule has 0 aromatic heterocycles. The Morgan fingerprint density at radius 1 is 1.33 bits per heavy atom. The number of hydrogen-bond donors (Lipinski definition) is 1. The van der Waals surface area contributed by atoms with Crippen LogP contribution in [-0.2, 0) is 19.1 Å². The number of hydrogen-bond acceptors (Lipinski definition) is 4. The minimum absolute atomic E-state index is 0.105. The van der Waals surface area contributed by atoms with Crippen LogP contribution in [0.15, 0.2) is 24.3 Å². The maximum atomic E-state index is 10.9. The molecular weight excluding hydrogens is 236 g/mol. The summed E-state index contributed by atoms with van der Waals surface area (Å²) in [7, 11) is 0. The van der Waals surface area contributed by atoms with Gasteiger partial charge in [-0.1, -0.05) is 13.2 Å². The highest BCUT2D eigenvalue weighted by Crippen LogP contribution is 2.12. The summed E-state index contributed by atoms with van der Waals surface area (Å²) >= 11 is 0. The fourth-order valence-electron chi connectivity index (χ4n) is 1.07. The summed E-state index contributed by atoms with van der Waals surface area (Å²) in [5.41, 5.74) is 0.614. The smallest absolute Gasteiger partial charge is 0.333 e. The summed E-state index contributed by atoms with van der Waals surface area (Å²) in [6, 6.07) is 0. The topological polar surface area (TPSA) is 72.8 Å². The SMILES string of the molecule is C=C(C)C(=O)O.C=C(C)C(=O)OCC1CCCO1. The maximum absolute atomic E-state index is 10.9. The average molecular weight is 256 g/mol. The van der Waals surface area contributed by atoms with Crippen LogP contribution in [0.1, 0.15) is 26.7 Å². The van der Waals surface area contributed by atoms with Gasteiger partial charge in [-0.05, 0) is 26.7 Å². The van der Waals surface area contributed by atoms with E-state index in [4.69, 9.17) is 14.6 Å². The van der Waals surface area contributed by atoms with Gasteiger partial charge in [0.1, 0.15) is 6.61 Å². The van der Waals surface area contributed by atoms with Crippen LogP contribution in [0.2, 0.25) is 0 Å². The van der Waals surface area contributed by atoms with Gasteiger partial charge in [-0.2, -0.15) is 0 Å². The molecule has 0 aromatic rings. The Morgan fingerprint density at radius 3 is 2.22 bits per heavy atom. The number of carboxylic acids is 1. The van der Waals surface area contributed by atoms with E-state index < -0.39 is 5.97 Å². The second-order valence-electron chi connectivity index (χ2n) is 4.10. The first-order valence-corrected chi connectivity index (χ1v) is 5.67. The van der Waals surface area contributed by atoms with Crippen molar-refractivity contribution in [1.82, 2.24) is 0 Å². The zero-order chi connectivity index (χ0) is 14.1. The highest BCUT2D eigenvalue weighted by Gasteiger charge is 2.17. The van der Waals surface area contributed by atoms with Crippen molar-refractivity contribution >= 4 is 11.9 Å². The molecule has 0 saturated carbocycles. The Bertz CT molecular complexity index is 314. The lowest BCUT2D eigenvalue weighted by Crippen LogP contribution is -2.17. The van der Waals surface area contributed by atoms with Gasteiger partial charge >= 0.3 is 11.9 Å². The van der Waals surface area contributed by atoms with Crippen molar-refractivity contribution in [2.24, 2.45) is 0 Å². The number of esters is 1. The monoisotopic (exact) mass is 256 g/mol. The van der Waals surface area contributed by atoms with Gasteiger partial charge in [0.15, 0.2) is 0 Å². The fourth-order valence-corrected chi connectivity index (χ4v) is 1.07. The summed E-state index contributed by atoms with van der Waals surface area (Å²) in [4.78, 5) is 20.5. The third-order valence-electron chi connectivity index (χ3n) is 2.14. The lowest BCUT2D eigenvalue weighted by Gasteiger charge is -2.09. The summed E-state index contributed by atoms with van der Waals surface area (Å²) in [6.45, 7) is 10.9. The Kier molecular flexibility index (Phi) is 7.71. The van der Waals surface area contributed by atoms with E-state index in [2.05, 4.69) is 13.2 Å². The van der Waals surface area contributed by atoms with Crippen LogP contribution in [0.3, 0.4) is 0 Å². The lowest BCUT2D eigenvalue weighted by atomic mass is 10.2. The Labute approximate surface area is 107 Å². The van der Waals surface area contributed by atoms with E-state index in [1.165, 1.54) is 6.92 Å². The summed E-state index contributed by atoms with van der Waals surface area (Å²) < 4.78 is 10.2. The number of carbonyl (C=O) groups is 2. The standard InChI is InChI=1S/C9H14O3.C4H6O2/c1-7(2)9(10)12-6-8-4-3-5-11-8;1-3(2)4(5)6/h8H,1,3-6H2,2H3;1H2,2H3,(H,5,6). The second kappa shape index (κ2) is 8.47. The van der Waals surface area contributed by atoms with E-state index >= 15 is 0 Å². The van der Waals surface area contributed by atoms with E-state index in [1.807, 2.05) is 0 Å². The molecule has 1 atom stereocenters. The molecule has 18 heavy (non-hydrogen) atoms. The van der Waals surface area contributed by atoms with Crippen LogP contribution in [0.4, 0.5) is 0 Å². The van der Waals surface area contributed by atoms with Gasteiger partial charge in [0.2, 0.25) is 0 Å². The van der Waals surface area contributed by atoms with Crippen molar-refractivity contribution in [2.45, 2.75) is 32.8 Å². The van der Waals surface area contributed by atoms with Gasteiger partial charge in [-0.3, -0.25) is 0 Å². The van der Waals surface area contributed by atoms with Crippen LogP contribution in [-0.4, -0.2) is 36.4 Å². The fraction of sp³-hybridized carbons (Fsp3) is 0.538. The van der Waals surface area contributed by atoms with E-state index in [1.54, 1.807) is 6.92 Å². The molecule has 0 aliphatic carbocycles. The first-order chi connectivity index (χ1) is 8.34. The molecule has 1 aliphatic rings. The van der Waals surface area contributed by atoms with Crippen molar-refractivity contribution in [3.05, 3.63) is 24.3 Å². The number of carbonyl (C=O) groups excluding carboxylic acids is 1. The molecule has 5 heteroatoms. The molecule has 5 nitrogen and oxygen atoms in total. The average Bonchev–Trinajstić information content (AvgIpc) is 2.79. The summed E-state index contributed by atoms with van der Waals surface area (Å²) in [5, 5.41) is 7.89. The predicted octanol–water partition coefficient (Wildman–Crippen LogP) is 1.93. The van der Waals surface area contributed by atoms with E-state index in [9.17, 15) is 9.59 Å². The molecule has 102 valence electrons. The normalized spacial score (nSPS) is 17.3. The molecule has 1 N–H and O–H groups in total. The molecule has 0 spiro atoms. The van der Waals surface area contributed by atoms with Crippen LogP contribution >= 0.6 is 0 Å². The Hall–Kier alpha value is -1.62.